The van der Waals surface area contributed by atoms with Crippen LogP contribution in [0.25, 0.3) is 0 Å². The second-order valence-electron chi connectivity index (χ2n) is 5.12. The Balaban J connectivity index is 1.37. The van der Waals surface area contributed by atoms with Gasteiger partial charge in [0, 0.05) is 0 Å². The number of ether oxygens (including phenoxy) is 1. The first-order valence-corrected chi connectivity index (χ1v) is 8.77. The van der Waals surface area contributed by atoms with Crippen LogP contribution in [0, 0.1) is 0 Å². The van der Waals surface area contributed by atoms with Gasteiger partial charge in [0.2, 0.25) is 5.91 Å². The molecule has 0 atom stereocenters. The van der Waals surface area contributed by atoms with E-state index >= 15 is 0 Å². The molecule has 130 valence electrons. The van der Waals surface area contributed by atoms with E-state index in [1.807, 2.05) is 47.0 Å². The van der Waals surface area contributed by atoms with Gasteiger partial charge in [-0.15, -0.1) is 10.2 Å². The van der Waals surface area contributed by atoms with Crippen LogP contribution < -0.4 is 10.1 Å². The van der Waals surface area contributed by atoms with E-state index in [9.17, 15) is 4.79 Å². The number of carbonyl (C=O) groups excluding carboxylic acids is 1. The molecule has 7 nitrogen and oxygen atoms in total. The number of nitrogens with zero attached hydrogens (tertiary/aromatic N) is 3. The van der Waals surface area contributed by atoms with E-state index in [2.05, 4.69) is 15.5 Å². The Kier molecular flexibility index (Phi) is 6.11. The van der Waals surface area contributed by atoms with Crippen LogP contribution in [0.3, 0.4) is 0 Å². The number of nitrogens with one attached hydrogen (secondary N) is 1. The van der Waals surface area contributed by atoms with Crippen LogP contribution in [0.2, 0.25) is 0 Å². The van der Waals surface area contributed by atoms with Crippen molar-refractivity contribution in [1.29, 1.82) is 0 Å². The molecule has 3 rings (SSSR count). The van der Waals surface area contributed by atoms with Crippen LogP contribution in [0.1, 0.15) is 5.76 Å². The second-order valence-corrected chi connectivity index (χ2v) is 6.06. The molecule has 0 unspecified atom stereocenters. The Morgan fingerprint density at radius 1 is 1.24 bits per heavy atom. The highest BCUT2D eigenvalue weighted by Crippen LogP contribution is 2.16. The number of hydrogen-bond acceptors (Lipinski definition) is 6. The number of aromatic nitrogens is 3. The van der Waals surface area contributed by atoms with Gasteiger partial charge in [-0.3, -0.25) is 4.79 Å². The fourth-order valence-corrected chi connectivity index (χ4v) is 2.84. The maximum atomic E-state index is 11.9. The van der Waals surface area contributed by atoms with Crippen LogP contribution in [0.15, 0.2) is 64.6 Å². The van der Waals surface area contributed by atoms with Crippen molar-refractivity contribution in [3.63, 3.8) is 0 Å². The summed E-state index contributed by atoms with van der Waals surface area (Å²) in [6, 6.07) is 13.2. The van der Waals surface area contributed by atoms with Gasteiger partial charge in [-0.25, -0.2) is 0 Å². The van der Waals surface area contributed by atoms with Crippen LogP contribution in [0.4, 0.5) is 0 Å². The SMILES string of the molecule is O=C(CSc1nncn1Cc1ccco1)NCCOc1ccccc1. The van der Waals surface area contributed by atoms with Gasteiger partial charge in [0.15, 0.2) is 5.16 Å². The van der Waals surface area contributed by atoms with Crippen molar-refractivity contribution in [2.24, 2.45) is 0 Å². The number of carbonyl (C=O) groups is 1. The third-order valence-electron chi connectivity index (χ3n) is 3.25. The quantitative estimate of drug-likeness (QED) is 0.466. The number of benzene rings is 1. The minimum Gasteiger partial charge on any atom is -0.492 e. The van der Waals surface area contributed by atoms with Crippen LogP contribution in [-0.4, -0.2) is 39.6 Å². The molecule has 25 heavy (non-hydrogen) atoms. The van der Waals surface area contributed by atoms with E-state index in [0.717, 1.165) is 11.5 Å². The molecule has 0 aliphatic carbocycles. The number of thioether (sulfide) groups is 1. The van der Waals surface area contributed by atoms with Gasteiger partial charge in [0.05, 0.1) is 25.1 Å². The fourth-order valence-electron chi connectivity index (χ4n) is 2.09. The molecular weight excluding hydrogens is 340 g/mol. The molecular formula is C17H18N4O3S. The second kappa shape index (κ2) is 8.93. The lowest BCUT2D eigenvalue weighted by atomic mass is 10.3. The first-order valence-electron chi connectivity index (χ1n) is 7.79. The monoisotopic (exact) mass is 358 g/mol. The smallest absolute Gasteiger partial charge is 0.230 e. The highest BCUT2D eigenvalue weighted by Gasteiger charge is 2.10. The molecule has 8 heteroatoms. The molecule has 3 aromatic rings. The molecule has 0 radical (unpaired) electrons. The molecule has 0 bridgehead atoms. The summed E-state index contributed by atoms with van der Waals surface area (Å²) in [6.45, 7) is 1.41. The number of para-hydroxylation sites is 1. The maximum absolute atomic E-state index is 11.9. The topological polar surface area (TPSA) is 82.2 Å². The van der Waals surface area contributed by atoms with Crippen LogP contribution >= 0.6 is 11.8 Å². The molecule has 0 aliphatic rings. The normalized spacial score (nSPS) is 10.6. The molecule has 2 heterocycles. The lowest BCUT2D eigenvalue weighted by Crippen LogP contribution is -2.29. The maximum Gasteiger partial charge on any atom is 0.230 e. The third-order valence-corrected chi connectivity index (χ3v) is 4.24. The summed E-state index contributed by atoms with van der Waals surface area (Å²) >= 11 is 1.33. The van der Waals surface area contributed by atoms with Gasteiger partial charge in [0.25, 0.3) is 0 Å². The summed E-state index contributed by atoms with van der Waals surface area (Å²) < 4.78 is 12.7. The number of furan rings is 1. The zero-order chi connectivity index (χ0) is 17.3. The molecule has 0 saturated carbocycles. The zero-order valence-corrected chi connectivity index (χ0v) is 14.3. The fraction of sp³-hybridized carbons (Fsp3) is 0.235. The minimum atomic E-state index is -0.0748. The van der Waals surface area contributed by atoms with Crippen molar-refractivity contribution < 1.29 is 13.9 Å². The van der Waals surface area contributed by atoms with Crippen molar-refractivity contribution in [3.05, 3.63) is 60.8 Å². The average Bonchev–Trinajstić information content (AvgIpc) is 3.30. The molecule has 2 aromatic heterocycles. The highest BCUT2D eigenvalue weighted by molar-refractivity contribution is 7.99. The summed E-state index contributed by atoms with van der Waals surface area (Å²) in [4.78, 5) is 11.9. The summed E-state index contributed by atoms with van der Waals surface area (Å²) in [6.07, 6.45) is 3.24. The van der Waals surface area contributed by atoms with E-state index in [1.165, 1.54) is 11.8 Å². The van der Waals surface area contributed by atoms with Crippen LogP contribution in [-0.2, 0) is 11.3 Å². The lowest BCUT2D eigenvalue weighted by Gasteiger charge is -2.08. The molecule has 1 amide bonds. The predicted molar refractivity (Wildman–Crippen MR) is 93.5 cm³/mol. The van der Waals surface area contributed by atoms with Crippen molar-refractivity contribution in [3.8, 4) is 5.75 Å². The molecule has 0 fully saturated rings. The van der Waals surface area contributed by atoms with E-state index in [0.29, 0.717) is 24.9 Å². The molecule has 1 N–H and O–H groups in total. The minimum absolute atomic E-state index is 0.0748. The van der Waals surface area contributed by atoms with Gasteiger partial charge in [-0.2, -0.15) is 0 Å². The highest BCUT2D eigenvalue weighted by atomic mass is 32.2. The van der Waals surface area contributed by atoms with Gasteiger partial charge >= 0.3 is 0 Å². The molecule has 0 spiro atoms. The third kappa shape index (κ3) is 5.39. The Morgan fingerprint density at radius 3 is 2.92 bits per heavy atom. The van der Waals surface area contributed by atoms with Crippen molar-refractivity contribution in [2.45, 2.75) is 11.7 Å². The van der Waals surface area contributed by atoms with Gasteiger partial charge in [-0.05, 0) is 24.3 Å². The molecule has 1 aromatic carbocycles. The summed E-state index contributed by atoms with van der Waals surface area (Å²) in [5, 5.41) is 11.4. The van der Waals surface area contributed by atoms with Crippen molar-refractivity contribution >= 4 is 17.7 Å². The van der Waals surface area contributed by atoms with E-state index in [-0.39, 0.29) is 11.7 Å². The van der Waals surface area contributed by atoms with Gasteiger partial charge in [0.1, 0.15) is 24.4 Å². The van der Waals surface area contributed by atoms with E-state index in [4.69, 9.17) is 9.15 Å². The summed E-state index contributed by atoms with van der Waals surface area (Å²) in [5.41, 5.74) is 0. The first kappa shape index (κ1) is 17.1. The van der Waals surface area contributed by atoms with Crippen molar-refractivity contribution in [2.75, 3.05) is 18.9 Å². The average molecular weight is 358 g/mol. The Bertz CT molecular complexity index is 774. The first-order chi connectivity index (χ1) is 12.3. The summed E-state index contributed by atoms with van der Waals surface area (Å²) in [7, 11) is 0. The largest absolute Gasteiger partial charge is 0.492 e. The van der Waals surface area contributed by atoms with Crippen molar-refractivity contribution in [1.82, 2.24) is 20.1 Å². The lowest BCUT2D eigenvalue weighted by molar-refractivity contribution is -0.118. The standard InChI is InChI=1S/C17H18N4O3S/c22-16(18-8-10-24-14-5-2-1-3-6-14)12-25-17-20-19-13-21(17)11-15-7-4-9-23-15/h1-7,9,13H,8,10-12H2,(H,18,22). The van der Waals surface area contributed by atoms with Gasteiger partial charge in [-0.1, -0.05) is 30.0 Å². The molecule has 0 saturated heterocycles. The zero-order valence-electron chi connectivity index (χ0n) is 13.5. The number of hydrogen-bond donors (Lipinski definition) is 1. The Hall–Kier alpha value is -2.74. The predicted octanol–water partition coefficient (Wildman–Crippen LogP) is 2.21. The van der Waals surface area contributed by atoms with E-state index < -0.39 is 0 Å². The Labute approximate surface area is 149 Å². The van der Waals surface area contributed by atoms with Gasteiger partial charge < -0.3 is 19.0 Å². The van der Waals surface area contributed by atoms with Crippen LogP contribution in [0.5, 0.6) is 5.75 Å². The number of amides is 1. The molecule has 0 aliphatic heterocycles. The van der Waals surface area contributed by atoms with E-state index in [1.54, 1.807) is 12.6 Å². The summed E-state index contributed by atoms with van der Waals surface area (Å²) in [5.74, 6) is 1.79. The Morgan fingerprint density at radius 2 is 2.12 bits per heavy atom. The number of rotatable bonds is 9.